The van der Waals surface area contributed by atoms with Gasteiger partial charge in [-0.05, 0) is 25.5 Å². The van der Waals surface area contributed by atoms with Crippen LogP contribution in [-0.2, 0) is 4.79 Å². The molecule has 1 fully saturated rings. The van der Waals surface area contributed by atoms with Crippen molar-refractivity contribution in [1.82, 2.24) is 4.90 Å². The summed E-state index contributed by atoms with van der Waals surface area (Å²) in [5, 5.41) is 9.81. The second-order valence-corrected chi connectivity index (χ2v) is 5.20. The van der Waals surface area contributed by atoms with Crippen molar-refractivity contribution in [2.24, 2.45) is 0 Å². The van der Waals surface area contributed by atoms with E-state index in [-0.39, 0.29) is 5.91 Å². The van der Waals surface area contributed by atoms with Crippen LogP contribution in [0.3, 0.4) is 0 Å². The minimum absolute atomic E-state index is 0.00674. The van der Waals surface area contributed by atoms with Gasteiger partial charge in [0.25, 0.3) is 0 Å². The van der Waals surface area contributed by atoms with Gasteiger partial charge in [0.05, 0.1) is 24.3 Å². The first-order valence-electron chi connectivity index (χ1n) is 6.45. The van der Waals surface area contributed by atoms with Crippen molar-refractivity contribution in [2.45, 2.75) is 25.4 Å². The normalized spacial score (nSPS) is 22.5. The summed E-state index contributed by atoms with van der Waals surface area (Å²) in [6, 6.07) is 7.21. The van der Waals surface area contributed by atoms with E-state index in [9.17, 15) is 9.90 Å². The lowest BCUT2D eigenvalue weighted by molar-refractivity contribution is -0.131. The topological polar surface area (TPSA) is 75.8 Å². The number of nitrogens with zero attached hydrogens (tertiary/aromatic N) is 1. The molecule has 1 aliphatic heterocycles. The zero-order chi connectivity index (χ0) is 13.9. The molecule has 0 spiro atoms. The Labute approximate surface area is 113 Å². The van der Waals surface area contributed by atoms with Crippen LogP contribution >= 0.6 is 0 Å². The smallest absolute Gasteiger partial charge is 0.226 e. The van der Waals surface area contributed by atoms with Crippen LogP contribution in [0.2, 0.25) is 0 Å². The van der Waals surface area contributed by atoms with Gasteiger partial charge in [-0.2, -0.15) is 0 Å². The van der Waals surface area contributed by atoms with Gasteiger partial charge < -0.3 is 20.5 Å². The molecule has 1 aromatic carbocycles. The molecule has 0 aromatic heterocycles. The Balaban J connectivity index is 1.77. The van der Waals surface area contributed by atoms with Crippen molar-refractivity contribution in [3.8, 4) is 5.75 Å². The van der Waals surface area contributed by atoms with Crippen LogP contribution in [-0.4, -0.2) is 41.2 Å². The van der Waals surface area contributed by atoms with Crippen LogP contribution in [0.25, 0.3) is 0 Å². The van der Waals surface area contributed by atoms with Gasteiger partial charge in [-0.3, -0.25) is 4.79 Å². The first-order chi connectivity index (χ1) is 8.98. The number of benzene rings is 1. The van der Waals surface area contributed by atoms with E-state index in [4.69, 9.17) is 10.5 Å². The maximum absolute atomic E-state index is 11.9. The lowest BCUT2D eigenvalue weighted by atomic mass is 10.1. The number of ether oxygens (including phenoxy) is 1. The highest BCUT2D eigenvalue weighted by atomic mass is 16.5. The SMILES string of the molecule is CC1(O)CCN(C(=O)CCOc2ccccc2N)C1. The molecule has 0 bridgehead atoms. The van der Waals surface area contributed by atoms with E-state index in [1.165, 1.54) is 0 Å². The third kappa shape index (κ3) is 3.61. The maximum atomic E-state index is 11.9. The first kappa shape index (κ1) is 13.7. The summed E-state index contributed by atoms with van der Waals surface area (Å²) >= 11 is 0. The molecule has 2 rings (SSSR count). The van der Waals surface area contributed by atoms with E-state index < -0.39 is 5.60 Å². The van der Waals surface area contributed by atoms with Gasteiger partial charge in [0, 0.05) is 13.1 Å². The molecule has 1 unspecified atom stereocenters. The number of para-hydroxylation sites is 2. The molecule has 3 N–H and O–H groups in total. The molecule has 1 amide bonds. The van der Waals surface area contributed by atoms with Crippen LogP contribution in [0.1, 0.15) is 19.8 Å². The molecular formula is C14H20N2O3. The van der Waals surface area contributed by atoms with Crippen LogP contribution < -0.4 is 10.5 Å². The summed E-state index contributed by atoms with van der Waals surface area (Å²) in [5.74, 6) is 0.607. The quantitative estimate of drug-likeness (QED) is 0.796. The third-order valence-corrected chi connectivity index (χ3v) is 3.30. The number of anilines is 1. The number of aliphatic hydroxyl groups is 1. The molecular weight excluding hydrogens is 244 g/mol. The van der Waals surface area contributed by atoms with Gasteiger partial charge >= 0.3 is 0 Å². The maximum Gasteiger partial charge on any atom is 0.226 e. The van der Waals surface area contributed by atoms with Gasteiger partial charge in [0.2, 0.25) is 5.91 Å². The molecule has 1 saturated heterocycles. The van der Waals surface area contributed by atoms with Crippen molar-refractivity contribution in [3.05, 3.63) is 24.3 Å². The fraction of sp³-hybridized carbons (Fsp3) is 0.500. The van der Waals surface area contributed by atoms with Crippen LogP contribution in [0.5, 0.6) is 5.75 Å². The zero-order valence-corrected chi connectivity index (χ0v) is 11.1. The standard InChI is InChI=1S/C14H20N2O3/c1-14(18)7-8-16(10-14)13(17)6-9-19-12-5-3-2-4-11(12)15/h2-5,18H,6-10,15H2,1H3. The van der Waals surface area contributed by atoms with E-state index in [1.807, 2.05) is 12.1 Å². The predicted octanol–water partition coefficient (Wildman–Crippen LogP) is 1.02. The van der Waals surface area contributed by atoms with Crippen molar-refractivity contribution in [1.29, 1.82) is 0 Å². The van der Waals surface area contributed by atoms with Crippen molar-refractivity contribution >= 4 is 11.6 Å². The van der Waals surface area contributed by atoms with Crippen molar-refractivity contribution < 1.29 is 14.6 Å². The molecule has 104 valence electrons. The Bertz CT molecular complexity index is 460. The van der Waals surface area contributed by atoms with E-state index in [0.717, 1.165) is 0 Å². The number of carbonyl (C=O) groups is 1. The number of hydrogen-bond acceptors (Lipinski definition) is 4. The largest absolute Gasteiger partial charge is 0.491 e. The summed E-state index contributed by atoms with van der Waals surface area (Å²) in [7, 11) is 0. The van der Waals surface area contributed by atoms with Gasteiger partial charge in [0.15, 0.2) is 0 Å². The van der Waals surface area contributed by atoms with Crippen LogP contribution in [0, 0.1) is 0 Å². The van der Waals surface area contributed by atoms with Gasteiger partial charge in [-0.15, -0.1) is 0 Å². The van der Waals surface area contributed by atoms with E-state index >= 15 is 0 Å². The minimum atomic E-state index is -0.750. The van der Waals surface area contributed by atoms with Crippen LogP contribution in [0.15, 0.2) is 24.3 Å². The molecule has 1 aromatic rings. The molecule has 1 aliphatic rings. The highest BCUT2D eigenvalue weighted by Crippen LogP contribution is 2.22. The zero-order valence-electron chi connectivity index (χ0n) is 11.1. The Morgan fingerprint density at radius 3 is 2.89 bits per heavy atom. The molecule has 0 saturated carbocycles. The molecule has 5 heteroatoms. The fourth-order valence-corrected chi connectivity index (χ4v) is 2.18. The fourth-order valence-electron chi connectivity index (χ4n) is 2.18. The number of nitrogens with two attached hydrogens (primary N) is 1. The summed E-state index contributed by atoms with van der Waals surface area (Å²) in [5.41, 5.74) is 5.56. The van der Waals surface area contributed by atoms with Crippen molar-refractivity contribution in [3.63, 3.8) is 0 Å². The van der Waals surface area contributed by atoms with Crippen LogP contribution in [0.4, 0.5) is 5.69 Å². The average molecular weight is 264 g/mol. The monoisotopic (exact) mass is 264 g/mol. The minimum Gasteiger partial charge on any atom is -0.491 e. The Morgan fingerprint density at radius 2 is 2.26 bits per heavy atom. The second-order valence-electron chi connectivity index (χ2n) is 5.20. The summed E-state index contributed by atoms with van der Waals surface area (Å²) in [4.78, 5) is 13.6. The van der Waals surface area contributed by atoms with Gasteiger partial charge in [-0.1, -0.05) is 12.1 Å². The molecule has 0 aliphatic carbocycles. The summed E-state index contributed by atoms with van der Waals surface area (Å²) in [6.07, 6.45) is 0.926. The number of amides is 1. The first-order valence-corrected chi connectivity index (χ1v) is 6.45. The number of rotatable bonds is 4. The van der Waals surface area contributed by atoms with E-state index in [1.54, 1.807) is 24.0 Å². The average Bonchev–Trinajstić information content (AvgIpc) is 2.72. The summed E-state index contributed by atoms with van der Waals surface area (Å²) in [6.45, 7) is 3.06. The van der Waals surface area contributed by atoms with Gasteiger partial charge in [-0.25, -0.2) is 0 Å². The lowest BCUT2D eigenvalue weighted by Gasteiger charge is -2.19. The van der Waals surface area contributed by atoms with E-state index in [2.05, 4.69) is 0 Å². The lowest BCUT2D eigenvalue weighted by Crippen LogP contribution is -2.34. The highest BCUT2D eigenvalue weighted by Gasteiger charge is 2.33. The number of carbonyl (C=O) groups excluding carboxylic acids is 1. The van der Waals surface area contributed by atoms with Crippen molar-refractivity contribution in [2.75, 3.05) is 25.4 Å². The summed E-state index contributed by atoms with van der Waals surface area (Å²) < 4.78 is 5.48. The number of nitrogen functional groups attached to an aromatic ring is 1. The molecule has 1 heterocycles. The molecule has 0 radical (unpaired) electrons. The predicted molar refractivity (Wildman–Crippen MR) is 72.8 cm³/mol. The number of β-amino-alcohol motifs (C(OH)–C–C–N with tert-alkyl or cyclic N) is 1. The molecule has 1 atom stereocenters. The third-order valence-electron chi connectivity index (χ3n) is 3.30. The Hall–Kier alpha value is -1.75. The number of likely N-dealkylation sites (tertiary alicyclic amines) is 1. The van der Waals surface area contributed by atoms with E-state index in [0.29, 0.717) is 44.0 Å². The Kier molecular flexibility index (Phi) is 3.95. The van der Waals surface area contributed by atoms with Gasteiger partial charge in [0.1, 0.15) is 5.75 Å². The second kappa shape index (κ2) is 5.48. The molecule has 5 nitrogen and oxygen atoms in total. The Morgan fingerprint density at radius 1 is 1.53 bits per heavy atom. The number of hydrogen-bond donors (Lipinski definition) is 2. The molecule has 19 heavy (non-hydrogen) atoms. The highest BCUT2D eigenvalue weighted by molar-refractivity contribution is 5.76.